The molecule has 0 aromatic carbocycles. The van der Waals surface area contributed by atoms with Gasteiger partial charge in [-0.05, 0) is 26.3 Å². The Morgan fingerprint density at radius 2 is 2.46 bits per heavy atom. The van der Waals surface area contributed by atoms with Crippen molar-refractivity contribution >= 4 is 5.91 Å². The first kappa shape index (κ1) is 10.5. The van der Waals surface area contributed by atoms with Crippen molar-refractivity contribution in [1.29, 1.82) is 0 Å². The zero-order valence-electron chi connectivity index (χ0n) is 8.42. The van der Waals surface area contributed by atoms with Gasteiger partial charge in [0, 0.05) is 19.6 Å². The number of carbonyl (C=O) groups excluding carboxylic acids is 1. The lowest BCUT2D eigenvalue weighted by Crippen LogP contribution is -2.48. The number of nitrogens with two attached hydrogens (primary N) is 1. The highest BCUT2D eigenvalue weighted by Crippen LogP contribution is 2.19. The lowest BCUT2D eigenvalue weighted by atomic mass is 10.2. The van der Waals surface area contributed by atoms with E-state index in [0.29, 0.717) is 12.6 Å². The fraction of sp³-hybridized carbons (Fsp3) is 0.889. The molecule has 1 fully saturated rings. The van der Waals surface area contributed by atoms with Crippen LogP contribution in [-0.4, -0.2) is 43.0 Å². The zero-order valence-corrected chi connectivity index (χ0v) is 8.42. The third-order valence-electron chi connectivity index (χ3n) is 2.75. The highest BCUT2D eigenvalue weighted by Gasteiger charge is 2.32. The van der Waals surface area contributed by atoms with Gasteiger partial charge in [0.15, 0.2) is 0 Å². The van der Waals surface area contributed by atoms with Gasteiger partial charge in [0.25, 0.3) is 0 Å². The highest BCUT2D eigenvalue weighted by molar-refractivity contribution is 5.81. The van der Waals surface area contributed by atoms with Crippen LogP contribution in [0, 0.1) is 0 Å². The van der Waals surface area contributed by atoms with Crippen LogP contribution in [0.1, 0.15) is 19.8 Å². The number of carbonyl (C=O) groups is 1. The molecule has 0 aliphatic carbocycles. The summed E-state index contributed by atoms with van der Waals surface area (Å²) in [5.74, 6) is 0.123. The molecular weight excluding hydrogens is 166 g/mol. The Balaban J connectivity index is 2.58. The van der Waals surface area contributed by atoms with Gasteiger partial charge < -0.3 is 11.1 Å². The molecule has 1 aliphatic rings. The number of amides is 1. The van der Waals surface area contributed by atoms with Crippen molar-refractivity contribution < 1.29 is 4.79 Å². The Hall–Kier alpha value is -0.610. The maximum absolute atomic E-state index is 11.5. The van der Waals surface area contributed by atoms with Gasteiger partial charge in [-0.1, -0.05) is 0 Å². The van der Waals surface area contributed by atoms with E-state index in [0.717, 1.165) is 19.4 Å². The quantitative estimate of drug-likeness (QED) is 0.626. The second kappa shape index (κ2) is 4.58. The van der Waals surface area contributed by atoms with Crippen LogP contribution >= 0.6 is 0 Å². The topological polar surface area (TPSA) is 58.4 Å². The second-order valence-electron chi connectivity index (χ2n) is 3.59. The molecule has 1 saturated heterocycles. The van der Waals surface area contributed by atoms with Gasteiger partial charge in [-0.25, -0.2) is 0 Å². The van der Waals surface area contributed by atoms with Crippen molar-refractivity contribution in [1.82, 2.24) is 10.2 Å². The minimum atomic E-state index is 0.0450. The number of likely N-dealkylation sites (tertiary alicyclic amines) is 1. The summed E-state index contributed by atoms with van der Waals surface area (Å²) in [5, 5.41) is 2.69. The van der Waals surface area contributed by atoms with Gasteiger partial charge in [-0.15, -0.1) is 0 Å². The van der Waals surface area contributed by atoms with Crippen molar-refractivity contribution in [2.24, 2.45) is 5.73 Å². The van der Waals surface area contributed by atoms with Gasteiger partial charge in [-0.3, -0.25) is 9.69 Å². The molecule has 4 heteroatoms. The molecule has 1 amide bonds. The lowest BCUT2D eigenvalue weighted by molar-refractivity contribution is -0.125. The fourth-order valence-electron chi connectivity index (χ4n) is 1.90. The van der Waals surface area contributed by atoms with Gasteiger partial charge in [0.2, 0.25) is 5.91 Å². The maximum atomic E-state index is 11.5. The average Bonchev–Trinajstić information content (AvgIpc) is 2.63. The molecule has 76 valence electrons. The summed E-state index contributed by atoms with van der Waals surface area (Å²) in [6, 6.07) is 0.355. The van der Waals surface area contributed by atoms with E-state index in [1.165, 1.54) is 0 Å². The minimum absolute atomic E-state index is 0.0450. The van der Waals surface area contributed by atoms with E-state index >= 15 is 0 Å². The monoisotopic (exact) mass is 185 g/mol. The smallest absolute Gasteiger partial charge is 0.237 e. The summed E-state index contributed by atoms with van der Waals surface area (Å²) in [6.07, 6.45) is 2.06. The van der Waals surface area contributed by atoms with Crippen molar-refractivity contribution in [2.45, 2.75) is 31.8 Å². The van der Waals surface area contributed by atoms with Crippen LogP contribution in [0.3, 0.4) is 0 Å². The van der Waals surface area contributed by atoms with Crippen LogP contribution < -0.4 is 11.1 Å². The number of rotatable bonds is 3. The van der Waals surface area contributed by atoms with E-state index in [1.807, 2.05) is 0 Å². The molecule has 3 N–H and O–H groups in total. The predicted molar refractivity (Wildman–Crippen MR) is 52.3 cm³/mol. The number of hydrogen-bond acceptors (Lipinski definition) is 3. The van der Waals surface area contributed by atoms with E-state index in [1.54, 1.807) is 7.05 Å². The summed E-state index contributed by atoms with van der Waals surface area (Å²) < 4.78 is 0. The van der Waals surface area contributed by atoms with Crippen LogP contribution in [0.4, 0.5) is 0 Å². The first-order chi connectivity index (χ1) is 6.20. The molecule has 1 rings (SSSR count). The average molecular weight is 185 g/mol. The summed E-state index contributed by atoms with van der Waals surface area (Å²) in [4.78, 5) is 13.6. The molecule has 0 aromatic heterocycles. The summed E-state index contributed by atoms with van der Waals surface area (Å²) in [7, 11) is 1.69. The molecule has 1 heterocycles. The Labute approximate surface area is 79.5 Å². The number of likely N-dealkylation sites (N-methyl/N-ethyl adjacent to an activating group) is 1. The van der Waals surface area contributed by atoms with Gasteiger partial charge in [-0.2, -0.15) is 0 Å². The van der Waals surface area contributed by atoms with Gasteiger partial charge in [0.1, 0.15) is 0 Å². The molecule has 13 heavy (non-hydrogen) atoms. The van der Waals surface area contributed by atoms with Crippen molar-refractivity contribution in [3.05, 3.63) is 0 Å². The molecular formula is C9H19N3O. The lowest BCUT2D eigenvalue weighted by Gasteiger charge is -2.28. The number of hydrogen-bond donors (Lipinski definition) is 2. The van der Waals surface area contributed by atoms with E-state index in [4.69, 9.17) is 5.73 Å². The van der Waals surface area contributed by atoms with E-state index in [9.17, 15) is 4.79 Å². The SMILES string of the molecule is CNC(=O)C1CCCN1C(C)CN. The molecule has 0 aromatic rings. The summed E-state index contributed by atoms with van der Waals surface area (Å²) >= 11 is 0. The highest BCUT2D eigenvalue weighted by atomic mass is 16.2. The molecule has 4 nitrogen and oxygen atoms in total. The Bertz CT molecular complexity index is 184. The summed E-state index contributed by atoms with van der Waals surface area (Å²) in [5.41, 5.74) is 5.58. The Morgan fingerprint density at radius 3 is 3.00 bits per heavy atom. The van der Waals surface area contributed by atoms with Crippen LogP contribution in [0.5, 0.6) is 0 Å². The largest absolute Gasteiger partial charge is 0.358 e. The third kappa shape index (κ3) is 2.19. The van der Waals surface area contributed by atoms with Crippen LogP contribution in [0.2, 0.25) is 0 Å². The van der Waals surface area contributed by atoms with E-state index < -0.39 is 0 Å². The van der Waals surface area contributed by atoms with Crippen molar-refractivity contribution in [2.75, 3.05) is 20.1 Å². The molecule has 1 aliphatic heterocycles. The second-order valence-corrected chi connectivity index (χ2v) is 3.59. The molecule has 0 radical (unpaired) electrons. The third-order valence-corrected chi connectivity index (χ3v) is 2.75. The minimum Gasteiger partial charge on any atom is -0.358 e. The fourth-order valence-corrected chi connectivity index (χ4v) is 1.90. The van der Waals surface area contributed by atoms with Gasteiger partial charge >= 0.3 is 0 Å². The Kier molecular flexibility index (Phi) is 3.69. The van der Waals surface area contributed by atoms with Crippen molar-refractivity contribution in [3.8, 4) is 0 Å². The molecule has 2 unspecified atom stereocenters. The Morgan fingerprint density at radius 1 is 1.77 bits per heavy atom. The van der Waals surface area contributed by atoms with Gasteiger partial charge in [0.05, 0.1) is 6.04 Å². The van der Waals surface area contributed by atoms with Crippen LogP contribution in [-0.2, 0) is 4.79 Å². The van der Waals surface area contributed by atoms with E-state index in [2.05, 4.69) is 17.1 Å². The predicted octanol–water partition coefficient (Wildman–Crippen LogP) is -0.456. The normalized spacial score (nSPS) is 25.9. The first-order valence-electron chi connectivity index (χ1n) is 4.88. The first-order valence-corrected chi connectivity index (χ1v) is 4.88. The molecule has 0 bridgehead atoms. The standard InChI is InChI=1S/C9H19N3O/c1-7(6-10)12-5-3-4-8(12)9(13)11-2/h7-8H,3-6,10H2,1-2H3,(H,11,13). The van der Waals surface area contributed by atoms with Crippen molar-refractivity contribution in [3.63, 3.8) is 0 Å². The van der Waals surface area contributed by atoms with Crippen LogP contribution in [0.15, 0.2) is 0 Å². The van der Waals surface area contributed by atoms with Crippen LogP contribution in [0.25, 0.3) is 0 Å². The molecule has 0 spiro atoms. The zero-order chi connectivity index (χ0) is 9.84. The number of nitrogens with zero attached hydrogens (tertiary/aromatic N) is 1. The number of nitrogens with one attached hydrogen (secondary N) is 1. The van der Waals surface area contributed by atoms with E-state index in [-0.39, 0.29) is 11.9 Å². The summed E-state index contributed by atoms with van der Waals surface area (Å²) in [6.45, 7) is 3.69. The molecule has 0 saturated carbocycles. The maximum Gasteiger partial charge on any atom is 0.237 e. The molecule has 2 atom stereocenters.